The zero-order valence-corrected chi connectivity index (χ0v) is 18.4. The van der Waals surface area contributed by atoms with E-state index in [-0.39, 0.29) is 11.3 Å². The minimum atomic E-state index is -1.19. The second-order valence-corrected chi connectivity index (χ2v) is 8.78. The Balaban J connectivity index is 1.55. The van der Waals surface area contributed by atoms with Crippen molar-refractivity contribution in [1.82, 2.24) is 9.88 Å². The lowest BCUT2D eigenvalue weighted by atomic mass is 9.88. The van der Waals surface area contributed by atoms with Gasteiger partial charge in [0, 0.05) is 23.0 Å². The molecule has 1 unspecified atom stereocenters. The van der Waals surface area contributed by atoms with Crippen molar-refractivity contribution in [2.45, 2.75) is 25.4 Å². The van der Waals surface area contributed by atoms with Crippen molar-refractivity contribution in [2.24, 2.45) is 0 Å². The lowest BCUT2D eigenvalue weighted by Crippen LogP contribution is -2.44. The number of H-pyrrole nitrogens is 1. The molecule has 1 aromatic heterocycles. The van der Waals surface area contributed by atoms with Gasteiger partial charge in [-0.25, -0.2) is 14.5 Å². The molecule has 2 atom stereocenters. The third-order valence-corrected chi connectivity index (χ3v) is 6.82. The molecule has 2 aliphatic rings. The first kappa shape index (κ1) is 20.2. The third-order valence-electron chi connectivity index (χ3n) is 6.82. The number of carboxylic acids is 1. The van der Waals surface area contributed by atoms with E-state index in [9.17, 15) is 19.5 Å². The van der Waals surface area contributed by atoms with Crippen LogP contribution in [0.25, 0.3) is 10.9 Å². The predicted octanol–water partition coefficient (Wildman–Crippen LogP) is 4.66. The van der Waals surface area contributed by atoms with Gasteiger partial charge in [0.1, 0.15) is 12.1 Å². The Morgan fingerprint density at radius 3 is 2.44 bits per heavy atom. The number of aromatic carboxylic acids is 1. The number of aromatic amines is 1. The molecule has 0 saturated carbocycles. The van der Waals surface area contributed by atoms with Gasteiger partial charge in [0.05, 0.1) is 11.3 Å². The van der Waals surface area contributed by atoms with Crippen LogP contribution in [0.2, 0.25) is 0 Å². The van der Waals surface area contributed by atoms with E-state index in [0.717, 1.165) is 38.2 Å². The topological polar surface area (TPSA) is 93.7 Å². The molecule has 1 saturated heterocycles. The van der Waals surface area contributed by atoms with Gasteiger partial charge in [-0.1, -0.05) is 60.2 Å². The summed E-state index contributed by atoms with van der Waals surface area (Å²) in [5.41, 5.74) is 4.84. The van der Waals surface area contributed by atoms with Gasteiger partial charge in [-0.15, -0.1) is 0 Å². The number of carbonyl (C=O) groups is 3. The number of amides is 3. The average molecular weight is 451 g/mol. The Labute approximate surface area is 195 Å². The van der Waals surface area contributed by atoms with E-state index in [0.29, 0.717) is 6.42 Å². The number of rotatable bonds is 3. The van der Waals surface area contributed by atoms with Crippen molar-refractivity contribution < 1.29 is 19.5 Å². The van der Waals surface area contributed by atoms with E-state index >= 15 is 0 Å². The van der Waals surface area contributed by atoms with Crippen molar-refractivity contribution >= 4 is 34.5 Å². The molecule has 168 valence electrons. The lowest BCUT2D eigenvalue weighted by Gasteiger charge is -2.36. The van der Waals surface area contributed by atoms with E-state index in [4.69, 9.17) is 0 Å². The highest BCUT2D eigenvalue weighted by Gasteiger charge is 2.53. The molecule has 0 radical (unpaired) electrons. The Kier molecular flexibility index (Phi) is 4.35. The van der Waals surface area contributed by atoms with Crippen LogP contribution in [0.5, 0.6) is 0 Å². The summed E-state index contributed by atoms with van der Waals surface area (Å²) in [6.45, 7) is 2.00. The Hall–Kier alpha value is -4.39. The maximum absolute atomic E-state index is 13.8. The fourth-order valence-electron chi connectivity index (χ4n) is 5.24. The normalized spacial score (nSPS) is 19.4. The summed E-state index contributed by atoms with van der Waals surface area (Å²) in [5.74, 6) is -1.60. The molecule has 3 aromatic carbocycles. The van der Waals surface area contributed by atoms with Crippen molar-refractivity contribution in [3.8, 4) is 0 Å². The quantitative estimate of drug-likeness (QED) is 0.443. The van der Waals surface area contributed by atoms with E-state index < -0.39 is 30.0 Å². The first-order chi connectivity index (χ1) is 16.5. The number of aryl methyl sites for hydroxylation is 1. The van der Waals surface area contributed by atoms with Crippen molar-refractivity contribution in [3.63, 3.8) is 0 Å². The fourth-order valence-corrected chi connectivity index (χ4v) is 5.24. The number of anilines is 1. The summed E-state index contributed by atoms with van der Waals surface area (Å²) in [4.78, 5) is 45.5. The molecule has 6 rings (SSSR count). The standard InChI is InChI=1S/C27H21N3O4/c1-15-10-12-16(13-11-15)24-23-19(17-6-2-4-8-20(17)28-23)14-22-25(31)30(27(34)29(22)24)21-9-5-3-7-18(21)26(32)33/h2-13,22,24,28H,14H2,1H3,(H,32,33)/t22-,24?/m0/s1. The number of para-hydroxylation sites is 2. The average Bonchev–Trinajstić information content (AvgIpc) is 3.33. The van der Waals surface area contributed by atoms with Crippen molar-refractivity contribution in [2.75, 3.05) is 4.90 Å². The predicted molar refractivity (Wildman–Crippen MR) is 127 cm³/mol. The van der Waals surface area contributed by atoms with Crippen LogP contribution in [-0.4, -0.2) is 38.9 Å². The highest BCUT2D eigenvalue weighted by atomic mass is 16.4. The molecule has 4 aromatic rings. The van der Waals surface area contributed by atoms with Crippen molar-refractivity contribution in [1.29, 1.82) is 0 Å². The maximum Gasteiger partial charge on any atom is 0.337 e. The summed E-state index contributed by atoms with van der Waals surface area (Å²) < 4.78 is 0. The third kappa shape index (κ3) is 2.80. The number of fused-ring (bicyclic) bond motifs is 4. The van der Waals surface area contributed by atoms with Gasteiger partial charge in [-0.05, 0) is 36.2 Å². The minimum Gasteiger partial charge on any atom is -0.478 e. The largest absolute Gasteiger partial charge is 0.478 e. The van der Waals surface area contributed by atoms with E-state index in [1.54, 1.807) is 17.0 Å². The van der Waals surface area contributed by atoms with Gasteiger partial charge < -0.3 is 10.1 Å². The van der Waals surface area contributed by atoms with Crippen LogP contribution in [0, 0.1) is 6.92 Å². The SMILES string of the molecule is Cc1ccc(C2c3[nH]c4ccccc4c3C[C@H]3C(=O)N(c4ccccc4C(=O)O)C(=O)N23)cc1. The zero-order valence-electron chi connectivity index (χ0n) is 18.4. The second-order valence-electron chi connectivity index (χ2n) is 8.78. The molecule has 3 amide bonds. The molecule has 0 aliphatic carbocycles. The van der Waals surface area contributed by atoms with Crippen LogP contribution in [0.15, 0.2) is 72.8 Å². The second kappa shape index (κ2) is 7.31. The summed E-state index contributed by atoms with van der Waals surface area (Å²) in [5, 5.41) is 10.7. The molecule has 1 fully saturated rings. The number of imide groups is 1. The number of nitrogens with one attached hydrogen (secondary N) is 1. The van der Waals surface area contributed by atoms with Gasteiger partial charge in [-0.3, -0.25) is 9.69 Å². The van der Waals surface area contributed by atoms with Crippen LogP contribution in [-0.2, 0) is 11.2 Å². The highest BCUT2D eigenvalue weighted by molar-refractivity contribution is 6.23. The molecular formula is C27H21N3O4. The van der Waals surface area contributed by atoms with Gasteiger partial charge in [0.2, 0.25) is 0 Å². The van der Waals surface area contributed by atoms with Crippen LogP contribution in [0.1, 0.15) is 38.8 Å². The Morgan fingerprint density at radius 2 is 1.68 bits per heavy atom. The first-order valence-corrected chi connectivity index (χ1v) is 11.1. The van der Waals surface area contributed by atoms with E-state index in [2.05, 4.69) is 4.98 Å². The fraction of sp³-hybridized carbons (Fsp3) is 0.148. The maximum atomic E-state index is 13.8. The molecule has 7 heteroatoms. The summed E-state index contributed by atoms with van der Waals surface area (Å²) in [6.07, 6.45) is 0.359. The van der Waals surface area contributed by atoms with E-state index in [1.165, 1.54) is 12.1 Å². The Morgan fingerprint density at radius 1 is 0.971 bits per heavy atom. The molecule has 3 heterocycles. The Bertz CT molecular complexity index is 1490. The van der Waals surface area contributed by atoms with Gasteiger partial charge in [-0.2, -0.15) is 0 Å². The van der Waals surface area contributed by atoms with Crippen LogP contribution >= 0.6 is 0 Å². The molecule has 0 bridgehead atoms. The van der Waals surface area contributed by atoms with Crippen LogP contribution < -0.4 is 4.90 Å². The smallest absolute Gasteiger partial charge is 0.337 e. The molecule has 2 N–H and O–H groups in total. The first-order valence-electron chi connectivity index (χ1n) is 11.1. The number of carboxylic acid groups (broad SMARTS) is 1. The van der Waals surface area contributed by atoms with E-state index in [1.807, 2.05) is 55.5 Å². The number of carbonyl (C=O) groups excluding carboxylic acids is 2. The number of nitrogens with zero attached hydrogens (tertiary/aromatic N) is 2. The molecular weight excluding hydrogens is 430 g/mol. The number of hydrogen-bond donors (Lipinski definition) is 2. The molecule has 0 spiro atoms. The number of hydrogen-bond acceptors (Lipinski definition) is 3. The lowest BCUT2D eigenvalue weighted by molar-refractivity contribution is -0.120. The van der Waals surface area contributed by atoms with Crippen LogP contribution in [0.4, 0.5) is 10.5 Å². The molecule has 7 nitrogen and oxygen atoms in total. The van der Waals surface area contributed by atoms with Gasteiger partial charge in [0.25, 0.3) is 5.91 Å². The van der Waals surface area contributed by atoms with Gasteiger partial charge >= 0.3 is 12.0 Å². The molecule has 2 aliphatic heterocycles. The van der Waals surface area contributed by atoms with Crippen LogP contribution in [0.3, 0.4) is 0 Å². The number of benzene rings is 3. The number of urea groups is 1. The summed E-state index contributed by atoms with van der Waals surface area (Å²) in [6, 6.07) is 20.2. The summed E-state index contributed by atoms with van der Waals surface area (Å²) in [7, 11) is 0. The minimum absolute atomic E-state index is 0.0834. The monoisotopic (exact) mass is 451 g/mol. The van der Waals surface area contributed by atoms with Gasteiger partial charge in [0.15, 0.2) is 0 Å². The molecule has 34 heavy (non-hydrogen) atoms. The highest BCUT2D eigenvalue weighted by Crippen LogP contribution is 2.45. The summed E-state index contributed by atoms with van der Waals surface area (Å²) >= 11 is 0. The number of aromatic nitrogens is 1. The zero-order chi connectivity index (χ0) is 23.6. The van der Waals surface area contributed by atoms with Crippen molar-refractivity contribution in [3.05, 3.63) is 101 Å².